The summed E-state index contributed by atoms with van der Waals surface area (Å²) >= 11 is 0. The van der Waals surface area contributed by atoms with Crippen molar-refractivity contribution in [2.75, 3.05) is 13.6 Å². The van der Waals surface area contributed by atoms with Crippen molar-refractivity contribution in [1.82, 2.24) is 5.32 Å². The molecule has 0 bridgehead atoms. The summed E-state index contributed by atoms with van der Waals surface area (Å²) in [6.07, 6.45) is 1.61. The van der Waals surface area contributed by atoms with Crippen molar-refractivity contribution in [3.05, 3.63) is 29.3 Å². The molecular formula is C14H21NO2. The van der Waals surface area contributed by atoms with Gasteiger partial charge in [0.15, 0.2) is 0 Å². The highest BCUT2D eigenvalue weighted by atomic mass is 16.5. The Morgan fingerprint density at radius 3 is 2.94 bits per heavy atom. The number of ether oxygens (including phenoxy) is 1. The molecule has 3 heteroatoms. The topological polar surface area (TPSA) is 41.5 Å². The van der Waals surface area contributed by atoms with Crippen LogP contribution in [-0.2, 0) is 6.42 Å². The number of aryl methyl sites for hydroxylation is 1. The third kappa shape index (κ3) is 2.79. The van der Waals surface area contributed by atoms with Crippen molar-refractivity contribution >= 4 is 0 Å². The maximum absolute atomic E-state index is 9.93. The van der Waals surface area contributed by atoms with Gasteiger partial charge in [-0.2, -0.15) is 0 Å². The normalized spacial score (nSPS) is 19.3. The molecule has 1 aromatic carbocycles. The van der Waals surface area contributed by atoms with Crippen molar-refractivity contribution in [2.45, 2.75) is 38.4 Å². The minimum absolute atomic E-state index is 0.0976. The molecule has 1 atom stereocenters. The molecule has 0 saturated carbocycles. The predicted octanol–water partition coefficient (Wildman–Crippen LogP) is 2.04. The lowest BCUT2D eigenvalue weighted by Gasteiger charge is -2.33. The average Bonchev–Trinajstić information content (AvgIpc) is 2.27. The standard InChI is InChI=1S/C14H21NO2/c1-14(2)7-6-10-4-5-11(8-13(10)17-14)12(16)9-15-3/h4-5,8,12,15-16H,6-7,9H2,1-3H3. The Balaban J connectivity index is 2.24. The largest absolute Gasteiger partial charge is 0.488 e. The van der Waals surface area contributed by atoms with E-state index < -0.39 is 6.10 Å². The molecule has 17 heavy (non-hydrogen) atoms. The Bertz CT molecular complexity index is 401. The summed E-state index contributed by atoms with van der Waals surface area (Å²) < 4.78 is 5.96. The first kappa shape index (κ1) is 12.4. The molecule has 0 amide bonds. The van der Waals surface area contributed by atoms with Crippen LogP contribution in [0.5, 0.6) is 5.75 Å². The Labute approximate surface area is 103 Å². The number of rotatable bonds is 3. The van der Waals surface area contributed by atoms with Crippen LogP contribution in [-0.4, -0.2) is 24.3 Å². The summed E-state index contributed by atoms with van der Waals surface area (Å²) in [6, 6.07) is 6.03. The van der Waals surface area contributed by atoms with Gasteiger partial charge in [-0.3, -0.25) is 0 Å². The Morgan fingerprint density at radius 1 is 1.47 bits per heavy atom. The van der Waals surface area contributed by atoms with Crippen LogP contribution in [0.25, 0.3) is 0 Å². The molecule has 1 aromatic rings. The SMILES string of the molecule is CNCC(O)c1ccc2c(c1)OC(C)(C)CC2. The van der Waals surface area contributed by atoms with E-state index in [-0.39, 0.29) is 5.60 Å². The van der Waals surface area contributed by atoms with Crippen LogP contribution >= 0.6 is 0 Å². The molecule has 0 saturated heterocycles. The number of likely N-dealkylation sites (N-methyl/N-ethyl adjacent to an activating group) is 1. The van der Waals surface area contributed by atoms with Gasteiger partial charge in [0, 0.05) is 6.54 Å². The number of hydrogen-bond donors (Lipinski definition) is 2. The fourth-order valence-electron chi connectivity index (χ4n) is 2.18. The third-order valence-corrected chi connectivity index (χ3v) is 3.26. The summed E-state index contributed by atoms with van der Waals surface area (Å²) in [7, 11) is 1.83. The van der Waals surface area contributed by atoms with E-state index in [0.29, 0.717) is 6.54 Å². The number of aliphatic hydroxyl groups is 1. The minimum atomic E-state index is -0.473. The molecule has 0 spiro atoms. The lowest BCUT2D eigenvalue weighted by atomic mass is 9.93. The second-order valence-corrected chi connectivity index (χ2v) is 5.30. The molecule has 94 valence electrons. The van der Waals surface area contributed by atoms with Crippen LogP contribution in [0.3, 0.4) is 0 Å². The quantitative estimate of drug-likeness (QED) is 0.842. The van der Waals surface area contributed by atoms with E-state index in [1.54, 1.807) is 0 Å². The lowest BCUT2D eigenvalue weighted by Crippen LogP contribution is -2.32. The Kier molecular flexibility index (Phi) is 3.40. The molecule has 1 aliphatic heterocycles. The Hall–Kier alpha value is -1.06. The van der Waals surface area contributed by atoms with Crippen LogP contribution in [0.2, 0.25) is 0 Å². The molecule has 1 unspecified atom stereocenters. The summed E-state index contributed by atoms with van der Waals surface area (Å²) in [6.45, 7) is 4.77. The van der Waals surface area contributed by atoms with Crippen LogP contribution in [0, 0.1) is 0 Å². The number of hydrogen-bond acceptors (Lipinski definition) is 3. The van der Waals surface area contributed by atoms with Crippen LogP contribution in [0.15, 0.2) is 18.2 Å². The van der Waals surface area contributed by atoms with Gasteiger partial charge < -0.3 is 15.2 Å². The van der Waals surface area contributed by atoms with Gasteiger partial charge >= 0.3 is 0 Å². The van der Waals surface area contributed by atoms with Gasteiger partial charge in [-0.05, 0) is 50.9 Å². The Morgan fingerprint density at radius 2 is 2.24 bits per heavy atom. The van der Waals surface area contributed by atoms with E-state index in [4.69, 9.17) is 4.74 Å². The first-order valence-electron chi connectivity index (χ1n) is 6.16. The minimum Gasteiger partial charge on any atom is -0.488 e. The van der Waals surface area contributed by atoms with Gasteiger partial charge in [-0.15, -0.1) is 0 Å². The lowest BCUT2D eigenvalue weighted by molar-refractivity contribution is 0.0839. The van der Waals surface area contributed by atoms with Crippen LogP contribution < -0.4 is 10.1 Å². The molecule has 1 aliphatic rings. The molecule has 0 fully saturated rings. The first-order chi connectivity index (χ1) is 8.02. The van der Waals surface area contributed by atoms with Crippen LogP contribution in [0.4, 0.5) is 0 Å². The van der Waals surface area contributed by atoms with Crippen molar-refractivity contribution < 1.29 is 9.84 Å². The summed E-state index contributed by atoms with van der Waals surface area (Å²) in [5, 5.41) is 12.9. The molecule has 0 aromatic heterocycles. The molecule has 1 heterocycles. The van der Waals surface area contributed by atoms with Crippen molar-refractivity contribution in [3.8, 4) is 5.75 Å². The predicted molar refractivity (Wildman–Crippen MR) is 68.4 cm³/mol. The van der Waals surface area contributed by atoms with Crippen molar-refractivity contribution in [3.63, 3.8) is 0 Å². The zero-order chi connectivity index (χ0) is 12.5. The third-order valence-electron chi connectivity index (χ3n) is 3.26. The fourth-order valence-corrected chi connectivity index (χ4v) is 2.18. The monoisotopic (exact) mass is 235 g/mol. The zero-order valence-electron chi connectivity index (χ0n) is 10.8. The zero-order valence-corrected chi connectivity index (χ0v) is 10.8. The van der Waals surface area contributed by atoms with Gasteiger partial charge in [-0.1, -0.05) is 12.1 Å². The van der Waals surface area contributed by atoms with Gasteiger partial charge in [-0.25, -0.2) is 0 Å². The molecule has 2 N–H and O–H groups in total. The maximum atomic E-state index is 9.93. The second-order valence-electron chi connectivity index (χ2n) is 5.30. The number of fused-ring (bicyclic) bond motifs is 1. The van der Waals surface area contributed by atoms with Gasteiger partial charge in [0.2, 0.25) is 0 Å². The van der Waals surface area contributed by atoms with E-state index in [9.17, 15) is 5.11 Å². The molecule has 0 aliphatic carbocycles. The summed E-state index contributed by atoms with van der Waals surface area (Å²) in [4.78, 5) is 0. The molecular weight excluding hydrogens is 214 g/mol. The second kappa shape index (κ2) is 4.67. The van der Waals surface area contributed by atoms with Crippen molar-refractivity contribution in [2.24, 2.45) is 0 Å². The highest BCUT2D eigenvalue weighted by Gasteiger charge is 2.26. The van der Waals surface area contributed by atoms with E-state index in [2.05, 4.69) is 25.2 Å². The molecule has 0 radical (unpaired) electrons. The van der Waals surface area contributed by atoms with E-state index in [1.165, 1.54) is 5.56 Å². The average molecular weight is 235 g/mol. The van der Waals surface area contributed by atoms with Gasteiger partial charge in [0.1, 0.15) is 11.4 Å². The van der Waals surface area contributed by atoms with Crippen molar-refractivity contribution in [1.29, 1.82) is 0 Å². The summed E-state index contributed by atoms with van der Waals surface area (Å²) in [5.41, 5.74) is 2.06. The summed E-state index contributed by atoms with van der Waals surface area (Å²) in [5.74, 6) is 0.925. The smallest absolute Gasteiger partial charge is 0.123 e. The van der Waals surface area contributed by atoms with E-state index >= 15 is 0 Å². The van der Waals surface area contributed by atoms with Gasteiger partial charge in [0.25, 0.3) is 0 Å². The number of nitrogens with one attached hydrogen (secondary N) is 1. The highest BCUT2D eigenvalue weighted by Crippen LogP contribution is 2.34. The van der Waals surface area contributed by atoms with E-state index in [1.807, 2.05) is 19.2 Å². The number of benzene rings is 1. The first-order valence-corrected chi connectivity index (χ1v) is 6.16. The fraction of sp³-hybridized carbons (Fsp3) is 0.571. The number of aliphatic hydroxyl groups excluding tert-OH is 1. The van der Waals surface area contributed by atoms with Gasteiger partial charge in [0.05, 0.1) is 6.10 Å². The molecule has 3 nitrogen and oxygen atoms in total. The molecule has 2 rings (SSSR count). The highest BCUT2D eigenvalue weighted by molar-refractivity contribution is 5.40. The maximum Gasteiger partial charge on any atom is 0.123 e. The van der Waals surface area contributed by atoms with Crippen LogP contribution in [0.1, 0.15) is 37.5 Å². The van der Waals surface area contributed by atoms with E-state index in [0.717, 1.165) is 24.2 Å².